The van der Waals surface area contributed by atoms with Gasteiger partial charge >= 0.3 is 0 Å². The van der Waals surface area contributed by atoms with Crippen molar-refractivity contribution in [2.24, 2.45) is 0 Å². The number of hydrogen-bond acceptors (Lipinski definition) is 2. The molecule has 4 rings (SSSR count). The molecule has 1 saturated heterocycles. The molecule has 1 amide bonds. The summed E-state index contributed by atoms with van der Waals surface area (Å²) in [7, 11) is 0. The van der Waals surface area contributed by atoms with Gasteiger partial charge in [0.15, 0.2) is 0 Å². The van der Waals surface area contributed by atoms with E-state index in [4.69, 9.17) is 0 Å². The number of anilines is 1. The summed E-state index contributed by atoms with van der Waals surface area (Å²) in [5, 5.41) is 2.82. The highest BCUT2D eigenvalue weighted by Crippen LogP contribution is 2.28. The fraction of sp³-hybridized carbons (Fsp3) is 0.227. The molecular formula is C22H22FN3O. The third-order valence-corrected chi connectivity index (χ3v) is 4.98. The Morgan fingerprint density at radius 1 is 0.963 bits per heavy atom. The molecule has 2 heterocycles. The predicted octanol–water partition coefficient (Wildman–Crippen LogP) is 4.39. The lowest BCUT2D eigenvalue weighted by molar-refractivity contribution is -0.121. The van der Waals surface area contributed by atoms with E-state index in [1.54, 1.807) is 12.1 Å². The van der Waals surface area contributed by atoms with Gasteiger partial charge in [0.25, 0.3) is 0 Å². The topological polar surface area (TPSA) is 37.3 Å². The van der Waals surface area contributed by atoms with Gasteiger partial charge in [-0.2, -0.15) is 0 Å². The van der Waals surface area contributed by atoms with Gasteiger partial charge in [-0.05, 0) is 61.8 Å². The fourth-order valence-electron chi connectivity index (χ4n) is 3.64. The smallest absolute Gasteiger partial charge is 0.246 e. The number of hydrogen-bond donors (Lipinski definition) is 1. The van der Waals surface area contributed by atoms with E-state index < -0.39 is 11.9 Å². The van der Waals surface area contributed by atoms with Crippen LogP contribution in [0.2, 0.25) is 0 Å². The second kappa shape index (κ2) is 7.76. The number of carbonyl (C=O) groups excluding carboxylic acids is 1. The van der Waals surface area contributed by atoms with Gasteiger partial charge in [-0.3, -0.25) is 9.69 Å². The molecule has 1 aliphatic heterocycles. The van der Waals surface area contributed by atoms with Gasteiger partial charge in [0.1, 0.15) is 11.9 Å². The molecule has 3 aromatic rings. The zero-order valence-electron chi connectivity index (χ0n) is 15.0. The van der Waals surface area contributed by atoms with Gasteiger partial charge in [0.05, 0.1) is 5.69 Å². The molecule has 1 aliphatic rings. The summed E-state index contributed by atoms with van der Waals surface area (Å²) < 4.78 is 16.3. The molecule has 27 heavy (non-hydrogen) atoms. The van der Waals surface area contributed by atoms with Crippen molar-refractivity contribution in [1.82, 2.24) is 9.47 Å². The van der Waals surface area contributed by atoms with Gasteiger partial charge in [-0.25, -0.2) is 4.39 Å². The molecule has 0 aliphatic carbocycles. The van der Waals surface area contributed by atoms with Crippen LogP contribution in [0.25, 0.3) is 5.69 Å². The summed E-state index contributed by atoms with van der Waals surface area (Å²) >= 11 is 0. The molecule has 0 saturated carbocycles. The van der Waals surface area contributed by atoms with Crippen LogP contribution < -0.4 is 5.32 Å². The maximum Gasteiger partial charge on any atom is 0.246 e. The fourth-order valence-corrected chi connectivity index (χ4v) is 3.64. The molecule has 1 fully saturated rings. The Balaban J connectivity index is 1.62. The number of aromatic nitrogens is 1. The van der Waals surface area contributed by atoms with E-state index in [0.717, 1.165) is 37.2 Å². The van der Waals surface area contributed by atoms with E-state index in [-0.39, 0.29) is 11.6 Å². The molecule has 1 atom stereocenters. The summed E-state index contributed by atoms with van der Waals surface area (Å²) in [4.78, 5) is 15.3. The van der Waals surface area contributed by atoms with Crippen LogP contribution in [0.15, 0.2) is 73.1 Å². The highest BCUT2D eigenvalue weighted by molar-refractivity contribution is 5.96. The number of likely N-dealkylation sites (tertiary alicyclic amines) is 1. The first-order valence-electron chi connectivity index (χ1n) is 9.25. The Morgan fingerprint density at radius 3 is 2.37 bits per heavy atom. The van der Waals surface area contributed by atoms with Crippen molar-refractivity contribution in [2.75, 3.05) is 18.4 Å². The highest BCUT2D eigenvalue weighted by atomic mass is 19.1. The van der Waals surface area contributed by atoms with E-state index in [9.17, 15) is 9.18 Å². The van der Waals surface area contributed by atoms with Crippen molar-refractivity contribution in [1.29, 1.82) is 0 Å². The van der Waals surface area contributed by atoms with Crippen molar-refractivity contribution < 1.29 is 9.18 Å². The normalized spacial score (nSPS) is 15.6. The molecule has 0 spiro atoms. The van der Waals surface area contributed by atoms with Crippen molar-refractivity contribution >= 4 is 11.6 Å². The lowest BCUT2D eigenvalue weighted by Gasteiger charge is -2.27. The Bertz CT molecular complexity index is 903. The monoisotopic (exact) mass is 363 g/mol. The lowest BCUT2D eigenvalue weighted by Crippen LogP contribution is -2.35. The van der Waals surface area contributed by atoms with E-state index in [0.29, 0.717) is 0 Å². The Labute approximate surface area is 158 Å². The first-order valence-corrected chi connectivity index (χ1v) is 9.25. The standard InChI is InChI=1S/C22H22FN3O/c23-19-11-10-18(25-12-4-5-13-25)16-20(19)24-22(27)21(26-14-6-7-15-26)17-8-2-1-3-9-17/h1-5,8-13,16,21H,6-7,14-15H2,(H,24,27). The van der Waals surface area contributed by atoms with Gasteiger partial charge < -0.3 is 9.88 Å². The second-order valence-corrected chi connectivity index (χ2v) is 6.80. The first kappa shape index (κ1) is 17.5. The summed E-state index contributed by atoms with van der Waals surface area (Å²) in [6.45, 7) is 1.75. The van der Waals surface area contributed by atoms with E-state index in [2.05, 4.69) is 10.2 Å². The van der Waals surface area contributed by atoms with Gasteiger partial charge in [0.2, 0.25) is 5.91 Å². The number of rotatable bonds is 5. The number of benzene rings is 2. The molecule has 0 bridgehead atoms. The lowest BCUT2D eigenvalue weighted by atomic mass is 10.0. The summed E-state index contributed by atoms with van der Waals surface area (Å²) in [5.41, 5.74) is 1.93. The molecule has 1 N–H and O–H groups in total. The van der Waals surface area contributed by atoms with Crippen molar-refractivity contribution in [3.05, 3.63) is 84.4 Å². The van der Waals surface area contributed by atoms with Crippen LogP contribution in [-0.4, -0.2) is 28.5 Å². The SMILES string of the molecule is O=C(Nc1cc(-n2cccc2)ccc1F)C(c1ccccc1)N1CCCC1. The first-order chi connectivity index (χ1) is 13.2. The zero-order chi connectivity index (χ0) is 18.6. The van der Waals surface area contributed by atoms with Crippen LogP contribution in [0, 0.1) is 5.82 Å². The maximum atomic E-state index is 14.4. The van der Waals surface area contributed by atoms with Gasteiger partial charge in [0, 0.05) is 18.1 Å². The summed E-state index contributed by atoms with van der Waals surface area (Å²) in [6, 6.07) is 17.8. The van der Waals surface area contributed by atoms with Crippen LogP contribution in [0.3, 0.4) is 0 Å². The average molecular weight is 363 g/mol. The minimum atomic E-state index is -0.438. The van der Waals surface area contributed by atoms with E-state index in [1.165, 1.54) is 6.07 Å². The molecule has 5 heteroatoms. The number of nitrogens with one attached hydrogen (secondary N) is 1. The Morgan fingerprint density at radius 2 is 1.67 bits per heavy atom. The van der Waals surface area contributed by atoms with Gasteiger partial charge in [-0.1, -0.05) is 30.3 Å². The Kier molecular flexibility index (Phi) is 5.03. The number of nitrogens with zero attached hydrogens (tertiary/aromatic N) is 2. The minimum Gasteiger partial charge on any atom is -0.324 e. The summed E-state index contributed by atoms with van der Waals surface area (Å²) in [5.74, 6) is -0.640. The van der Waals surface area contributed by atoms with Crippen molar-refractivity contribution in [3.8, 4) is 5.69 Å². The van der Waals surface area contributed by atoms with Crippen LogP contribution in [-0.2, 0) is 4.79 Å². The van der Waals surface area contributed by atoms with Crippen molar-refractivity contribution in [2.45, 2.75) is 18.9 Å². The molecule has 1 aromatic heterocycles. The van der Waals surface area contributed by atoms with E-state index in [1.807, 2.05) is 59.4 Å². The molecule has 1 unspecified atom stereocenters. The van der Waals surface area contributed by atoms with Gasteiger partial charge in [-0.15, -0.1) is 0 Å². The van der Waals surface area contributed by atoms with Crippen LogP contribution in [0.5, 0.6) is 0 Å². The van der Waals surface area contributed by atoms with Crippen LogP contribution >= 0.6 is 0 Å². The molecular weight excluding hydrogens is 341 g/mol. The number of amides is 1. The third-order valence-electron chi connectivity index (χ3n) is 4.98. The average Bonchev–Trinajstić information content (AvgIpc) is 3.39. The Hall–Kier alpha value is -2.92. The largest absolute Gasteiger partial charge is 0.324 e. The third kappa shape index (κ3) is 3.78. The predicted molar refractivity (Wildman–Crippen MR) is 104 cm³/mol. The molecule has 138 valence electrons. The quantitative estimate of drug-likeness (QED) is 0.730. The molecule has 0 radical (unpaired) electrons. The van der Waals surface area contributed by atoms with Crippen molar-refractivity contribution in [3.63, 3.8) is 0 Å². The second-order valence-electron chi connectivity index (χ2n) is 6.80. The van der Waals surface area contributed by atoms with Crippen LogP contribution in [0.1, 0.15) is 24.4 Å². The minimum absolute atomic E-state index is 0.200. The number of carbonyl (C=O) groups is 1. The summed E-state index contributed by atoms with van der Waals surface area (Å²) in [6.07, 6.45) is 5.92. The highest BCUT2D eigenvalue weighted by Gasteiger charge is 2.30. The zero-order valence-corrected chi connectivity index (χ0v) is 15.0. The van der Waals surface area contributed by atoms with Crippen LogP contribution in [0.4, 0.5) is 10.1 Å². The number of halogens is 1. The molecule has 4 nitrogen and oxygen atoms in total. The van der Waals surface area contributed by atoms with E-state index >= 15 is 0 Å². The molecule has 2 aromatic carbocycles. The maximum absolute atomic E-state index is 14.4.